The summed E-state index contributed by atoms with van der Waals surface area (Å²) in [6.07, 6.45) is 3.13. The van der Waals surface area contributed by atoms with Gasteiger partial charge >= 0.3 is 5.79 Å². The molecule has 4 aliphatic rings. The zero-order valence-corrected chi connectivity index (χ0v) is 18.2. The van der Waals surface area contributed by atoms with Crippen LogP contribution in [0.4, 0.5) is 5.69 Å². The van der Waals surface area contributed by atoms with Gasteiger partial charge in [0.05, 0.1) is 17.8 Å². The number of benzene rings is 3. The summed E-state index contributed by atoms with van der Waals surface area (Å²) < 4.78 is 3.43. The Morgan fingerprint density at radius 2 is 1.66 bits per heavy atom. The summed E-state index contributed by atoms with van der Waals surface area (Å²) in [6, 6.07) is 30.1. The maximum Gasteiger partial charge on any atom is 0.387 e. The van der Waals surface area contributed by atoms with Crippen LogP contribution in [0.5, 0.6) is 0 Å². The number of nitrogens with zero attached hydrogens (tertiary/aromatic N) is 3. The smallest absolute Gasteiger partial charge is 0.267 e. The molecule has 4 heterocycles. The standard InChI is InChI=1S/C28H27N3O/c32-27-25-16-9-19-31(25,20-21-10-3-1-4-11-21)28-17-18-29(28)26(22-12-5-2-6-13-22)23-14-7-8-15-24(23)30(27)28/h1-8,10-15,25H,9,16-20H2/q+2/t25-,28?,31-/m0/s1. The normalized spacial score (nSPS) is 29.8. The number of hydrogen-bond acceptors (Lipinski definition) is 1. The molecule has 4 nitrogen and oxygen atoms in total. The van der Waals surface area contributed by atoms with Crippen molar-refractivity contribution in [3.63, 3.8) is 0 Å². The summed E-state index contributed by atoms with van der Waals surface area (Å²) in [7, 11) is 0. The molecular formula is C28H27N3O+2. The lowest BCUT2D eigenvalue weighted by Gasteiger charge is -2.52. The molecular weight excluding hydrogens is 394 g/mol. The van der Waals surface area contributed by atoms with E-state index in [1.54, 1.807) is 0 Å². The van der Waals surface area contributed by atoms with Crippen molar-refractivity contribution < 1.29 is 13.9 Å². The van der Waals surface area contributed by atoms with Crippen molar-refractivity contribution in [2.75, 3.05) is 18.0 Å². The fourth-order valence-electron chi connectivity index (χ4n) is 7.13. The average molecular weight is 422 g/mol. The van der Waals surface area contributed by atoms with Crippen molar-refractivity contribution in [1.82, 2.24) is 0 Å². The third-order valence-electron chi connectivity index (χ3n) is 8.34. The van der Waals surface area contributed by atoms with Crippen molar-refractivity contribution in [3.05, 3.63) is 102 Å². The first-order valence-electron chi connectivity index (χ1n) is 11.8. The minimum atomic E-state index is -0.312. The van der Waals surface area contributed by atoms with E-state index in [2.05, 4.69) is 94.4 Å². The average Bonchev–Trinajstić information content (AvgIpc) is 3.33. The van der Waals surface area contributed by atoms with Crippen LogP contribution in [0.25, 0.3) is 0 Å². The number of quaternary nitrogens is 1. The Kier molecular flexibility index (Phi) is 3.66. The Bertz CT molecular complexity index is 1270. The molecule has 32 heavy (non-hydrogen) atoms. The van der Waals surface area contributed by atoms with Crippen LogP contribution in [0, 0.1) is 0 Å². The molecule has 0 aromatic heterocycles. The minimum Gasteiger partial charge on any atom is -0.267 e. The van der Waals surface area contributed by atoms with Gasteiger partial charge in [-0.3, -0.25) is 4.79 Å². The van der Waals surface area contributed by atoms with Gasteiger partial charge in [0.15, 0.2) is 19.0 Å². The largest absolute Gasteiger partial charge is 0.387 e. The van der Waals surface area contributed by atoms with Crippen LogP contribution in [-0.4, -0.2) is 45.6 Å². The number of amides is 1. The van der Waals surface area contributed by atoms with Crippen LogP contribution < -0.4 is 4.90 Å². The summed E-state index contributed by atoms with van der Waals surface area (Å²) in [5, 5.41) is 0. The van der Waals surface area contributed by atoms with Gasteiger partial charge in [0, 0.05) is 24.0 Å². The van der Waals surface area contributed by atoms with Crippen molar-refractivity contribution in [2.24, 2.45) is 0 Å². The number of para-hydroxylation sites is 1. The van der Waals surface area contributed by atoms with Crippen molar-refractivity contribution in [3.8, 4) is 0 Å². The molecule has 3 saturated heterocycles. The molecule has 1 amide bonds. The molecule has 1 spiro atoms. The molecule has 0 bridgehead atoms. The van der Waals surface area contributed by atoms with Gasteiger partial charge in [0.2, 0.25) is 5.71 Å². The third kappa shape index (κ3) is 2.06. The van der Waals surface area contributed by atoms with E-state index in [4.69, 9.17) is 0 Å². The molecule has 0 radical (unpaired) electrons. The van der Waals surface area contributed by atoms with Gasteiger partial charge in [-0.05, 0) is 24.3 Å². The highest BCUT2D eigenvalue weighted by Gasteiger charge is 2.82. The summed E-state index contributed by atoms with van der Waals surface area (Å²) in [6.45, 7) is 2.96. The summed E-state index contributed by atoms with van der Waals surface area (Å²) in [5.74, 6) is 0.0101. The lowest BCUT2D eigenvalue weighted by atomic mass is 9.89. The first-order chi connectivity index (χ1) is 15.8. The Hall–Kier alpha value is -3.24. The quantitative estimate of drug-likeness (QED) is 0.461. The molecule has 3 aromatic rings. The predicted molar refractivity (Wildman–Crippen MR) is 124 cm³/mol. The SMILES string of the molecule is O=C1[C@@H]2CCC[N@@+]2(Cc2ccccc2)C23CC[N+]2=C(c2ccccc2)c2ccccc2N13. The van der Waals surface area contributed by atoms with Crippen LogP contribution in [0.1, 0.15) is 36.0 Å². The zero-order chi connectivity index (χ0) is 21.3. The number of rotatable bonds is 3. The predicted octanol–water partition coefficient (Wildman–Crippen LogP) is 4.13. The second-order valence-electron chi connectivity index (χ2n) is 9.64. The number of anilines is 1. The topological polar surface area (TPSA) is 23.3 Å². The first-order valence-corrected chi connectivity index (χ1v) is 11.8. The molecule has 0 N–H and O–H groups in total. The zero-order valence-electron chi connectivity index (χ0n) is 18.2. The molecule has 3 fully saturated rings. The molecule has 4 heteroatoms. The number of carbonyl (C=O) groups excluding carboxylic acids is 1. The lowest BCUT2D eigenvalue weighted by molar-refractivity contribution is -1.08. The Labute approximate surface area is 188 Å². The van der Waals surface area contributed by atoms with E-state index in [1.165, 1.54) is 22.4 Å². The van der Waals surface area contributed by atoms with Crippen LogP contribution >= 0.6 is 0 Å². The molecule has 1 unspecified atom stereocenters. The van der Waals surface area contributed by atoms with Gasteiger partial charge in [-0.2, -0.15) is 9.48 Å². The monoisotopic (exact) mass is 421 g/mol. The molecule has 3 aromatic carbocycles. The van der Waals surface area contributed by atoms with Gasteiger partial charge in [0.1, 0.15) is 6.54 Å². The van der Waals surface area contributed by atoms with E-state index >= 15 is 0 Å². The Morgan fingerprint density at radius 3 is 2.41 bits per heavy atom. The fraction of sp³-hybridized carbons (Fsp3) is 0.286. The minimum absolute atomic E-state index is 0.0428. The summed E-state index contributed by atoms with van der Waals surface area (Å²) >= 11 is 0. The number of fused-ring (bicyclic) bond motifs is 3. The Balaban J connectivity index is 1.52. The maximum atomic E-state index is 14.1. The number of carbonyl (C=O) groups is 1. The third-order valence-corrected chi connectivity index (χ3v) is 8.34. The van der Waals surface area contributed by atoms with Gasteiger partial charge in [-0.25, -0.2) is 4.48 Å². The Morgan fingerprint density at radius 1 is 0.938 bits per heavy atom. The molecule has 7 rings (SSSR count). The van der Waals surface area contributed by atoms with Crippen molar-refractivity contribution in [1.29, 1.82) is 0 Å². The van der Waals surface area contributed by atoms with Crippen LogP contribution in [0.15, 0.2) is 84.9 Å². The van der Waals surface area contributed by atoms with E-state index < -0.39 is 0 Å². The van der Waals surface area contributed by atoms with E-state index in [0.717, 1.165) is 49.1 Å². The van der Waals surface area contributed by atoms with Gasteiger partial charge < -0.3 is 0 Å². The van der Waals surface area contributed by atoms with Gasteiger partial charge in [0.25, 0.3) is 5.91 Å². The van der Waals surface area contributed by atoms with Crippen LogP contribution in [0.3, 0.4) is 0 Å². The van der Waals surface area contributed by atoms with Crippen molar-refractivity contribution in [2.45, 2.75) is 37.6 Å². The van der Waals surface area contributed by atoms with E-state index in [1.807, 2.05) is 0 Å². The molecule has 0 aliphatic carbocycles. The highest BCUT2D eigenvalue weighted by Crippen LogP contribution is 2.57. The first kappa shape index (κ1) is 18.3. The van der Waals surface area contributed by atoms with E-state index in [-0.39, 0.29) is 11.8 Å². The molecule has 0 saturated carbocycles. The second kappa shape index (κ2) is 6.39. The van der Waals surface area contributed by atoms with Crippen LogP contribution in [-0.2, 0) is 11.3 Å². The second-order valence-corrected chi connectivity index (χ2v) is 9.64. The van der Waals surface area contributed by atoms with E-state index in [9.17, 15) is 4.79 Å². The van der Waals surface area contributed by atoms with Gasteiger partial charge in [-0.15, -0.1) is 0 Å². The highest BCUT2D eigenvalue weighted by atomic mass is 16.2. The van der Waals surface area contributed by atoms with Crippen LogP contribution in [0.2, 0.25) is 0 Å². The summed E-state index contributed by atoms with van der Waals surface area (Å²) in [5.41, 5.74) is 6.13. The molecule has 3 atom stereocenters. The highest BCUT2D eigenvalue weighted by molar-refractivity contribution is 6.17. The fourth-order valence-corrected chi connectivity index (χ4v) is 7.13. The number of hydrogen-bond donors (Lipinski definition) is 0. The van der Waals surface area contributed by atoms with E-state index in [0.29, 0.717) is 5.91 Å². The van der Waals surface area contributed by atoms with Gasteiger partial charge in [-0.1, -0.05) is 60.7 Å². The molecule has 158 valence electrons. The molecule has 4 aliphatic heterocycles. The van der Waals surface area contributed by atoms with Crippen molar-refractivity contribution >= 4 is 17.3 Å². The lowest BCUT2D eigenvalue weighted by Crippen LogP contribution is -2.79. The maximum absolute atomic E-state index is 14.1. The summed E-state index contributed by atoms with van der Waals surface area (Å²) in [4.78, 5) is 16.3.